The summed E-state index contributed by atoms with van der Waals surface area (Å²) in [7, 11) is 1.79. The summed E-state index contributed by atoms with van der Waals surface area (Å²) in [5.74, 6) is 0.369. The van der Waals surface area contributed by atoms with Crippen LogP contribution >= 0.6 is 11.6 Å². The minimum absolute atomic E-state index is 0.137. The van der Waals surface area contributed by atoms with E-state index in [1.54, 1.807) is 55.3 Å². The molecule has 2 rings (SSSR count). The molecule has 2 aromatic carbocycles. The van der Waals surface area contributed by atoms with Crippen molar-refractivity contribution in [3.8, 4) is 5.75 Å². The first kappa shape index (κ1) is 19.7. The van der Waals surface area contributed by atoms with E-state index in [9.17, 15) is 14.9 Å². The van der Waals surface area contributed by atoms with E-state index in [4.69, 9.17) is 16.3 Å². The van der Waals surface area contributed by atoms with Gasteiger partial charge in [-0.25, -0.2) is 0 Å². The lowest BCUT2D eigenvalue weighted by atomic mass is 10.2. The van der Waals surface area contributed by atoms with Gasteiger partial charge in [-0.3, -0.25) is 19.8 Å². The van der Waals surface area contributed by atoms with Crippen molar-refractivity contribution in [3.05, 3.63) is 63.7 Å². The van der Waals surface area contributed by atoms with Gasteiger partial charge in [0.05, 0.1) is 11.0 Å². The van der Waals surface area contributed by atoms with Crippen LogP contribution in [-0.2, 0) is 4.79 Å². The van der Waals surface area contributed by atoms with Gasteiger partial charge in [0.25, 0.3) is 5.69 Å². The smallest absolute Gasteiger partial charge is 0.292 e. The zero-order valence-corrected chi connectivity index (χ0v) is 15.3. The van der Waals surface area contributed by atoms with Crippen molar-refractivity contribution in [1.82, 2.24) is 4.90 Å². The highest BCUT2D eigenvalue weighted by molar-refractivity contribution is 6.30. The number of nitro benzene ring substituents is 1. The van der Waals surface area contributed by atoms with Crippen molar-refractivity contribution in [2.75, 3.05) is 25.5 Å². The fourth-order valence-corrected chi connectivity index (χ4v) is 2.33. The fourth-order valence-electron chi connectivity index (χ4n) is 2.21. The molecule has 1 amide bonds. The molecule has 0 radical (unpaired) electrons. The van der Waals surface area contributed by atoms with Crippen molar-refractivity contribution in [3.63, 3.8) is 0 Å². The van der Waals surface area contributed by atoms with E-state index in [1.165, 1.54) is 12.1 Å². The number of ether oxygens (including phenoxy) is 1. The number of para-hydroxylation sites is 2. The summed E-state index contributed by atoms with van der Waals surface area (Å²) in [6.07, 6.45) is 0. The third kappa shape index (κ3) is 5.44. The number of hydrogen-bond acceptors (Lipinski definition) is 5. The monoisotopic (exact) mass is 377 g/mol. The Labute approximate surface area is 156 Å². The first-order valence-corrected chi connectivity index (χ1v) is 8.39. The number of anilines is 1. The summed E-state index contributed by atoms with van der Waals surface area (Å²) < 4.78 is 5.61. The average Bonchev–Trinajstić information content (AvgIpc) is 2.62. The Kier molecular flexibility index (Phi) is 6.94. The van der Waals surface area contributed by atoms with Crippen LogP contribution in [0.5, 0.6) is 5.75 Å². The highest BCUT2D eigenvalue weighted by atomic mass is 35.5. The Morgan fingerprint density at radius 1 is 1.27 bits per heavy atom. The lowest BCUT2D eigenvalue weighted by Crippen LogP contribution is -2.41. The number of amides is 1. The molecule has 0 heterocycles. The van der Waals surface area contributed by atoms with Crippen molar-refractivity contribution in [2.45, 2.75) is 13.0 Å². The van der Waals surface area contributed by atoms with Crippen LogP contribution in [0.4, 0.5) is 11.4 Å². The normalized spacial score (nSPS) is 11.8. The lowest BCUT2D eigenvalue weighted by molar-refractivity contribution is -0.383. The van der Waals surface area contributed by atoms with E-state index in [0.29, 0.717) is 23.9 Å². The van der Waals surface area contributed by atoms with Crippen LogP contribution in [0, 0.1) is 10.1 Å². The molecule has 1 atom stereocenters. The minimum atomic E-state index is -0.524. The highest BCUT2D eigenvalue weighted by Gasteiger charge is 2.21. The lowest BCUT2D eigenvalue weighted by Gasteiger charge is -2.23. The summed E-state index contributed by atoms with van der Waals surface area (Å²) in [6.45, 7) is 2.63. The Balaban J connectivity index is 1.87. The Morgan fingerprint density at radius 2 is 1.92 bits per heavy atom. The number of benzene rings is 2. The van der Waals surface area contributed by atoms with Crippen molar-refractivity contribution in [1.29, 1.82) is 0 Å². The molecule has 2 aromatic rings. The van der Waals surface area contributed by atoms with Gasteiger partial charge in [0.15, 0.2) is 0 Å². The van der Waals surface area contributed by atoms with Crippen molar-refractivity contribution in [2.24, 2.45) is 0 Å². The number of likely N-dealkylation sites (N-methyl/N-ethyl adjacent to an activating group) is 1. The second-order valence-corrected chi connectivity index (χ2v) is 6.16. The molecule has 7 nitrogen and oxygen atoms in total. The largest absolute Gasteiger partial charge is 0.492 e. The second kappa shape index (κ2) is 9.17. The van der Waals surface area contributed by atoms with Crippen LogP contribution in [-0.4, -0.2) is 42.0 Å². The number of hydrogen-bond donors (Lipinski definition) is 1. The number of nitrogens with one attached hydrogen (secondary N) is 1. The molecule has 1 N–H and O–H groups in total. The molecule has 26 heavy (non-hydrogen) atoms. The Bertz CT molecular complexity index is 767. The molecular weight excluding hydrogens is 358 g/mol. The van der Waals surface area contributed by atoms with Crippen LogP contribution < -0.4 is 10.1 Å². The summed E-state index contributed by atoms with van der Waals surface area (Å²) >= 11 is 5.82. The highest BCUT2D eigenvalue weighted by Crippen LogP contribution is 2.23. The number of carbonyl (C=O) groups is 1. The maximum atomic E-state index is 12.4. The molecular formula is C18H20ClN3O4. The maximum absolute atomic E-state index is 12.4. The van der Waals surface area contributed by atoms with Crippen LogP contribution in [0.1, 0.15) is 6.92 Å². The zero-order chi connectivity index (χ0) is 19.1. The summed E-state index contributed by atoms with van der Waals surface area (Å²) in [4.78, 5) is 24.7. The third-order valence-corrected chi connectivity index (χ3v) is 4.18. The van der Waals surface area contributed by atoms with Gasteiger partial charge in [-0.05, 0) is 44.3 Å². The zero-order valence-electron chi connectivity index (χ0n) is 14.5. The van der Waals surface area contributed by atoms with E-state index in [0.717, 1.165) is 0 Å². The van der Waals surface area contributed by atoms with Crippen molar-refractivity contribution < 1.29 is 14.5 Å². The maximum Gasteiger partial charge on any atom is 0.292 e. The molecule has 0 spiro atoms. The van der Waals surface area contributed by atoms with Crippen LogP contribution in [0.15, 0.2) is 48.5 Å². The number of nitro groups is 1. The minimum Gasteiger partial charge on any atom is -0.492 e. The molecule has 0 aromatic heterocycles. The molecule has 0 fully saturated rings. The molecule has 0 aliphatic heterocycles. The average molecular weight is 378 g/mol. The predicted molar refractivity (Wildman–Crippen MR) is 101 cm³/mol. The quantitative estimate of drug-likeness (QED) is 0.561. The van der Waals surface area contributed by atoms with Crippen LogP contribution in [0.2, 0.25) is 5.02 Å². The standard InChI is InChI=1S/C18H20ClN3O4/c1-13(18(23)20-16-5-3-4-6-17(16)22(24)25)21(2)11-12-26-15-9-7-14(19)8-10-15/h3-10,13H,11-12H2,1-2H3,(H,20,23). The number of halogens is 1. The molecule has 0 aliphatic rings. The molecule has 0 saturated carbocycles. The first-order valence-electron chi connectivity index (χ1n) is 8.01. The molecule has 8 heteroatoms. The summed E-state index contributed by atoms with van der Waals surface area (Å²) in [6, 6.07) is 12.6. The van der Waals surface area contributed by atoms with Gasteiger partial charge < -0.3 is 10.1 Å². The van der Waals surface area contributed by atoms with Gasteiger partial charge in [0.1, 0.15) is 18.0 Å². The predicted octanol–water partition coefficient (Wildman–Crippen LogP) is 3.59. The third-order valence-electron chi connectivity index (χ3n) is 3.93. The van der Waals surface area contributed by atoms with Gasteiger partial charge >= 0.3 is 0 Å². The molecule has 138 valence electrons. The van der Waals surface area contributed by atoms with Crippen molar-refractivity contribution >= 4 is 28.9 Å². The fraction of sp³-hybridized carbons (Fsp3) is 0.278. The first-order chi connectivity index (χ1) is 12.4. The molecule has 0 saturated heterocycles. The van der Waals surface area contributed by atoms with Crippen LogP contribution in [0.3, 0.4) is 0 Å². The van der Waals surface area contributed by atoms with Gasteiger partial charge in [0.2, 0.25) is 5.91 Å². The summed E-state index contributed by atoms with van der Waals surface area (Å²) in [5, 5.41) is 14.3. The van der Waals surface area contributed by atoms with E-state index in [-0.39, 0.29) is 17.3 Å². The van der Waals surface area contributed by atoms with Gasteiger partial charge in [-0.15, -0.1) is 0 Å². The Morgan fingerprint density at radius 3 is 2.58 bits per heavy atom. The van der Waals surface area contributed by atoms with E-state index >= 15 is 0 Å². The second-order valence-electron chi connectivity index (χ2n) is 5.72. The van der Waals surface area contributed by atoms with E-state index in [1.807, 2.05) is 0 Å². The number of rotatable bonds is 8. The van der Waals surface area contributed by atoms with Crippen LogP contribution in [0.25, 0.3) is 0 Å². The van der Waals surface area contributed by atoms with E-state index < -0.39 is 11.0 Å². The summed E-state index contributed by atoms with van der Waals surface area (Å²) in [5.41, 5.74) is 0.0435. The molecule has 0 aliphatic carbocycles. The number of nitrogens with zero attached hydrogens (tertiary/aromatic N) is 2. The molecule has 0 bridgehead atoms. The topological polar surface area (TPSA) is 84.7 Å². The van der Waals surface area contributed by atoms with Gasteiger partial charge in [-0.2, -0.15) is 0 Å². The SMILES string of the molecule is CC(C(=O)Nc1ccccc1[N+](=O)[O-])N(C)CCOc1ccc(Cl)cc1. The van der Waals surface area contributed by atoms with Gasteiger partial charge in [0, 0.05) is 17.6 Å². The van der Waals surface area contributed by atoms with E-state index in [2.05, 4.69) is 5.32 Å². The number of carbonyl (C=O) groups excluding carboxylic acids is 1. The molecule has 1 unspecified atom stereocenters. The van der Waals surface area contributed by atoms with Gasteiger partial charge in [-0.1, -0.05) is 23.7 Å². The Hall–Kier alpha value is -2.64.